The van der Waals surface area contributed by atoms with Crippen LogP contribution in [0, 0.1) is 6.92 Å². The predicted octanol–water partition coefficient (Wildman–Crippen LogP) is 3.44. The highest BCUT2D eigenvalue weighted by atomic mass is 32.2. The molecular formula is C21H24N2O6S2. The molecule has 0 saturated carbocycles. The Labute approximate surface area is 188 Å². The van der Waals surface area contributed by atoms with E-state index in [4.69, 9.17) is 14.2 Å². The van der Waals surface area contributed by atoms with E-state index >= 15 is 0 Å². The number of rotatable bonds is 7. The molecule has 1 aromatic carbocycles. The van der Waals surface area contributed by atoms with Crippen LogP contribution in [0.2, 0.25) is 0 Å². The number of ether oxygens (including phenoxy) is 3. The van der Waals surface area contributed by atoms with Crippen LogP contribution in [0.1, 0.15) is 32.5 Å². The molecule has 10 heteroatoms. The van der Waals surface area contributed by atoms with Crippen LogP contribution in [0.25, 0.3) is 0 Å². The number of esters is 1. The Hall–Kier alpha value is -2.72. The van der Waals surface area contributed by atoms with Gasteiger partial charge in [0, 0.05) is 19.0 Å². The number of nitrogens with one attached hydrogen (secondary N) is 1. The van der Waals surface area contributed by atoms with Crippen molar-refractivity contribution in [3.05, 3.63) is 34.2 Å². The van der Waals surface area contributed by atoms with Crippen molar-refractivity contribution in [2.24, 2.45) is 0 Å². The average Bonchev–Trinajstić information content (AvgIpc) is 3.07. The van der Waals surface area contributed by atoms with E-state index < -0.39 is 5.97 Å². The third-order valence-electron chi connectivity index (χ3n) is 4.36. The van der Waals surface area contributed by atoms with Crippen LogP contribution in [0.15, 0.2) is 23.1 Å². The summed E-state index contributed by atoms with van der Waals surface area (Å²) in [6.45, 7) is 4.58. The fraction of sp³-hybridized carbons (Fsp3) is 0.381. The van der Waals surface area contributed by atoms with Crippen molar-refractivity contribution in [2.75, 3.05) is 45.0 Å². The van der Waals surface area contributed by atoms with Crippen molar-refractivity contribution in [1.29, 1.82) is 0 Å². The number of anilines is 1. The van der Waals surface area contributed by atoms with E-state index in [0.717, 1.165) is 16.2 Å². The number of benzene rings is 1. The maximum atomic E-state index is 12.6. The first-order valence-corrected chi connectivity index (χ1v) is 11.5. The smallest absolute Gasteiger partial charge is 0.341 e. The largest absolute Gasteiger partial charge is 0.486 e. The number of fused-ring (bicyclic) bond motifs is 1. The van der Waals surface area contributed by atoms with Gasteiger partial charge in [0.2, 0.25) is 5.91 Å². The van der Waals surface area contributed by atoms with Gasteiger partial charge in [-0.15, -0.1) is 23.1 Å². The second-order valence-corrected chi connectivity index (χ2v) is 8.89. The molecule has 166 valence electrons. The highest BCUT2D eigenvalue weighted by molar-refractivity contribution is 8.00. The molecule has 0 spiro atoms. The van der Waals surface area contributed by atoms with Gasteiger partial charge < -0.3 is 24.4 Å². The second kappa shape index (κ2) is 10.1. The normalized spacial score (nSPS) is 12.3. The molecule has 0 aliphatic carbocycles. The first-order chi connectivity index (χ1) is 14.8. The van der Waals surface area contributed by atoms with Crippen molar-refractivity contribution in [1.82, 2.24) is 4.90 Å². The molecule has 1 aliphatic heterocycles. The standard InChI is InChI=1S/C21H24N2O6S2/c1-5-27-21(26)17-12(2)18(20(25)23(3)4)31-19(17)22-16(24)11-30-13-6-7-14-15(10-13)29-9-8-28-14/h6-7,10H,5,8-9,11H2,1-4H3,(H,22,24). The molecule has 0 radical (unpaired) electrons. The van der Waals surface area contributed by atoms with Crippen molar-refractivity contribution in [3.63, 3.8) is 0 Å². The SMILES string of the molecule is CCOC(=O)c1c(NC(=O)CSc2ccc3c(c2)OCCO3)sc(C(=O)N(C)C)c1C. The summed E-state index contributed by atoms with van der Waals surface area (Å²) in [4.78, 5) is 40.2. The second-order valence-electron chi connectivity index (χ2n) is 6.82. The van der Waals surface area contributed by atoms with E-state index in [1.807, 2.05) is 18.2 Å². The van der Waals surface area contributed by atoms with Gasteiger partial charge in [0.15, 0.2) is 11.5 Å². The quantitative estimate of drug-likeness (QED) is 0.495. The average molecular weight is 465 g/mol. The molecule has 2 aromatic rings. The number of thiophene rings is 1. The number of amides is 2. The van der Waals surface area contributed by atoms with Gasteiger partial charge in [-0.25, -0.2) is 4.79 Å². The monoisotopic (exact) mass is 464 g/mol. The molecule has 0 unspecified atom stereocenters. The molecule has 1 N–H and O–H groups in total. The Balaban J connectivity index is 1.74. The molecule has 1 aromatic heterocycles. The summed E-state index contributed by atoms with van der Waals surface area (Å²) >= 11 is 2.41. The number of carbonyl (C=O) groups is 3. The maximum absolute atomic E-state index is 12.6. The molecule has 31 heavy (non-hydrogen) atoms. The lowest BCUT2D eigenvalue weighted by atomic mass is 10.1. The highest BCUT2D eigenvalue weighted by Crippen LogP contribution is 2.36. The van der Waals surface area contributed by atoms with Crippen molar-refractivity contribution in [2.45, 2.75) is 18.7 Å². The summed E-state index contributed by atoms with van der Waals surface area (Å²) in [5.41, 5.74) is 0.715. The molecule has 0 saturated heterocycles. The van der Waals surface area contributed by atoms with Crippen LogP contribution >= 0.6 is 23.1 Å². The van der Waals surface area contributed by atoms with Crippen LogP contribution < -0.4 is 14.8 Å². The zero-order chi connectivity index (χ0) is 22.5. The minimum atomic E-state index is -0.566. The summed E-state index contributed by atoms with van der Waals surface area (Å²) in [6, 6.07) is 5.51. The van der Waals surface area contributed by atoms with Crippen molar-refractivity contribution >= 4 is 45.9 Å². The predicted molar refractivity (Wildman–Crippen MR) is 120 cm³/mol. The molecule has 2 heterocycles. The van der Waals surface area contributed by atoms with Crippen LogP contribution in [-0.2, 0) is 9.53 Å². The molecular weight excluding hydrogens is 440 g/mol. The minimum Gasteiger partial charge on any atom is -0.486 e. The van der Waals surface area contributed by atoms with Crippen LogP contribution in [-0.4, -0.2) is 62.4 Å². The Morgan fingerprint density at radius 1 is 1.19 bits per heavy atom. The molecule has 0 bridgehead atoms. The van der Waals surface area contributed by atoms with Gasteiger partial charge in [-0.1, -0.05) is 0 Å². The Morgan fingerprint density at radius 2 is 1.90 bits per heavy atom. The van der Waals surface area contributed by atoms with Crippen molar-refractivity contribution < 1.29 is 28.6 Å². The molecule has 3 rings (SSSR count). The van der Waals surface area contributed by atoms with Gasteiger partial charge in [0.25, 0.3) is 5.91 Å². The highest BCUT2D eigenvalue weighted by Gasteiger charge is 2.27. The third kappa shape index (κ3) is 5.31. The molecule has 8 nitrogen and oxygen atoms in total. The van der Waals surface area contributed by atoms with Gasteiger partial charge in [-0.05, 0) is 37.6 Å². The Morgan fingerprint density at radius 3 is 2.58 bits per heavy atom. The fourth-order valence-corrected chi connectivity index (χ4v) is 4.84. The number of carbonyl (C=O) groups excluding carboxylic acids is 3. The number of thioether (sulfide) groups is 1. The number of hydrogen-bond donors (Lipinski definition) is 1. The van der Waals surface area contributed by atoms with Crippen molar-refractivity contribution in [3.8, 4) is 11.5 Å². The number of nitrogens with zero attached hydrogens (tertiary/aromatic N) is 1. The lowest BCUT2D eigenvalue weighted by Gasteiger charge is -2.18. The van der Waals surface area contributed by atoms with E-state index in [-0.39, 0.29) is 29.7 Å². The summed E-state index contributed by atoms with van der Waals surface area (Å²) in [5.74, 6) is 0.363. The van der Waals surface area contributed by atoms with Gasteiger partial charge in [0.1, 0.15) is 18.2 Å². The van der Waals surface area contributed by atoms with Gasteiger partial charge >= 0.3 is 5.97 Å². The lowest BCUT2D eigenvalue weighted by molar-refractivity contribution is -0.113. The summed E-state index contributed by atoms with van der Waals surface area (Å²) in [5, 5.41) is 3.08. The van der Waals surface area contributed by atoms with Gasteiger partial charge in [-0.3, -0.25) is 9.59 Å². The van der Waals surface area contributed by atoms with Gasteiger partial charge in [0.05, 0.1) is 22.8 Å². The van der Waals surface area contributed by atoms with Crippen LogP contribution in [0.3, 0.4) is 0 Å². The lowest BCUT2D eigenvalue weighted by Crippen LogP contribution is -2.21. The fourth-order valence-electron chi connectivity index (χ4n) is 2.88. The zero-order valence-electron chi connectivity index (χ0n) is 17.8. The first-order valence-electron chi connectivity index (χ1n) is 9.66. The molecule has 1 aliphatic rings. The van der Waals surface area contributed by atoms with E-state index in [2.05, 4.69) is 5.32 Å². The first kappa shape index (κ1) is 23.0. The van der Waals surface area contributed by atoms with Crippen LogP contribution in [0.4, 0.5) is 5.00 Å². The summed E-state index contributed by atoms with van der Waals surface area (Å²) in [7, 11) is 3.27. The molecule has 0 atom stereocenters. The van der Waals surface area contributed by atoms with Gasteiger partial charge in [-0.2, -0.15) is 0 Å². The minimum absolute atomic E-state index is 0.121. The topological polar surface area (TPSA) is 94.2 Å². The third-order valence-corrected chi connectivity index (χ3v) is 6.55. The van der Waals surface area contributed by atoms with E-state index in [0.29, 0.717) is 40.2 Å². The Bertz CT molecular complexity index is 1000. The zero-order valence-corrected chi connectivity index (χ0v) is 19.4. The molecule has 2 amide bonds. The van der Waals surface area contributed by atoms with E-state index in [1.54, 1.807) is 27.9 Å². The van der Waals surface area contributed by atoms with E-state index in [1.165, 1.54) is 16.7 Å². The summed E-state index contributed by atoms with van der Waals surface area (Å²) in [6.07, 6.45) is 0. The molecule has 0 fully saturated rings. The Kier molecular flexibility index (Phi) is 7.45. The number of hydrogen-bond acceptors (Lipinski definition) is 8. The van der Waals surface area contributed by atoms with Crippen LogP contribution in [0.5, 0.6) is 11.5 Å². The van der Waals surface area contributed by atoms with E-state index in [9.17, 15) is 14.4 Å². The maximum Gasteiger partial charge on any atom is 0.341 e. The summed E-state index contributed by atoms with van der Waals surface area (Å²) < 4.78 is 16.2.